The van der Waals surface area contributed by atoms with Crippen molar-refractivity contribution in [3.05, 3.63) is 42.0 Å². The van der Waals surface area contributed by atoms with Crippen LogP contribution < -0.4 is 4.90 Å². The predicted octanol–water partition coefficient (Wildman–Crippen LogP) is 3.37. The number of halogens is 3. The van der Waals surface area contributed by atoms with E-state index in [9.17, 15) is 18.3 Å². The maximum absolute atomic E-state index is 13.5. The molecule has 1 saturated heterocycles. The second-order valence-electron chi connectivity index (χ2n) is 6.11. The van der Waals surface area contributed by atoms with Gasteiger partial charge in [0.15, 0.2) is 5.82 Å². The SMILES string of the molecule is CC1CN(c2nnc(-c3ccccc3)cc2C(F)(F)F)CCC1O. The van der Waals surface area contributed by atoms with E-state index in [2.05, 4.69) is 10.2 Å². The Bertz CT molecular complexity index is 706. The zero-order valence-electron chi connectivity index (χ0n) is 13.2. The Hall–Kier alpha value is -2.15. The topological polar surface area (TPSA) is 49.2 Å². The average molecular weight is 337 g/mol. The van der Waals surface area contributed by atoms with Crippen molar-refractivity contribution in [1.29, 1.82) is 0 Å². The van der Waals surface area contributed by atoms with Gasteiger partial charge in [-0.2, -0.15) is 13.2 Å². The highest BCUT2D eigenvalue weighted by molar-refractivity contribution is 5.62. The molecule has 1 aliphatic heterocycles. The van der Waals surface area contributed by atoms with Gasteiger partial charge in [0, 0.05) is 18.7 Å². The van der Waals surface area contributed by atoms with Crippen molar-refractivity contribution in [1.82, 2.24) is 10.2 Å². The van der Waals surface area contributed by atoms with E-state index in [0.717, 1.165) is 6.07 Å². The molecule has 2 atom stereocenters. The molecule has 1 aromatic heterocycles. The van der Waals surface area contributed by atoms with Crippen LogP contribution >= 0.6 is 0 Å². The molecule has 0 aliphatic carbocycles. The summed E-state index contributed by atoms with van der Waals surface area (Å²) in [4.78, 5) is 1.56. The summed E-state index contributed by atoms with van der Waals surface area (Å²) in [5.74, 6) is -0.281. The summed E-state index contributed by atoms with van der Waals surface area (Å²) in [7, 11) is 0. The molecule has 4 nitrogen and oxygen atoms in total. The molecule has 24 heavy (non-hydrogen) atoms. The average Bonchev–Trinajstić information content (AvgIpc) is 2.57. The van der Waals surface area contributed by atoms with E-state index in [4.69, 9.17) is 0 Å². The summed E-state index contributed by atoms with van der Waals surface area (Å²) in [6, 6.07) is 9.72. The Morgan fingerprint density at radius 3 is 2.50 bits per heavy atom. The van der Waals surface area contributed by atoms with Crippen molar-refractivity contribution in [3.63, 3.8) is 0 Å². The minimum absolute atomic E-state index is 0.115. The van der Waals surface area contributed by atoms with Gasteiger partial charge in [-0.1, -0.05) is 37.3 Å². The van der Waals surface area contributed by atoms with Crippen LogP contribution in [0.15, 0.2) is 36.4 Å². The Balaban J connectivity index is 2.01. The fourth-order valence-electron chi connectivity index (χ4n) is 2.90. The number of aromatic nitrogens is 2. The summed E-state index contributed by atoms with van der Waals surface area (Å²) in [6.07, 6.45) is -4.60. The monoisotopic (exact) mass is 337 g/mol. The van der Waals surface area contributed by atoms with E-state index >= 15 is 0 Å². The van der Waals surface area contributed by atoms with Crippen molar-refractivity contribution < 1.29 is 18.3 Å². The van der Waals surface area contributed by atoms with Crippen LogP contribution in [0.5, 0.6) is 0 Å². The minimum atomic E-state index is -4.52. The Labute approximate surface area is 137 Å². The molecule has 2 unspecified atom stereocenters. The first kappa shape index (κ1) is 16.7. The summed E-state index contributed by atoms with van der Waals surface area (Å²) in [6.45, 7) is 2.47. The molecule has 128 valence electrons. The Morgan fingerprint density at radius 1 is 1.17 bits per heavy atom. The van der Waals surface area contributed by atoms with Crippen LogP contribution in [-0.4, -0.2) is 34.5 Å². The Morgan fingerprint density at radius 2 is 1.88 bits per heavy atom. The third kappa shape index (κ3) is 3.36. The van der Waals surface area contributed by atoms with E-state index in [0.29, 0.717) is 25.1 Å². The molecule has 0 radical (unpaired) electrons. The third-order valence-electron chi connectivity index (χ3n) is 4.31. The molecule has 1 aromatic carbocycles. The van der Waals surface area contributed by atoms with Crippen LogP contribution in [0.3, 0.4) is 0 Å². The maximum Gasteiger partial charge on any atom is 0.420 e. The van der Waals surface area contributed by atoms with Gasteiger partial charge in [0.05, 0.1) is 11.8 Å². The van der Waals surface area contributed by atoms with Gasteiger partial charge in [0.2, 0.25) is 0 Å². The number of aliphatic hydroxyl groups excluding tert-OH is 1. The molecule has 2 aromatic rings. The number of aliphatic hydroxyl groups is 1. The van der Waals surface area contributed by atoms with Crippen molar-refractivity contribution >= 4 is 5.82 Å². The fraction of sp³-hybridized carbons (Fsp3) is 0.412. The quantitative estimate of drug-likeness (QED) is 0.913. The number of anilines is 1. The van der Waals surface area contributed by atoms with Crippen molar-refractivity contribution in [2.24, 2.45) is 5.92 Å². The van der Waals surface area contributed by atoms with Gasteiger partial charge in [-0.25, -0.2) is 0 Å². The van der Waals surface area contributed by atoms with Crippen LogP contribution in [0.1, 0.15) is 18.9 Å². The van der Waals surface area contributed by atoms with E-state index in [1.54, 1.807) is 35.2 Å². The maximum atomic E-state index is 13.5. The lowest BCUT2D eigenvalue weighted by molar-refractivity contribution is -0.137. The molecular formula is C17H18F3N3O. The van der Waals surface area contributed by atoms with Gasteiger partial charge < -0.3 is 10.0 Å². The number of rotatable bonds is 2. The number of hydrogen-bond donors (Lipinski definition) is 1. The highest BCUT2D eigenvalue weighted by atomic mass is 19.4. The molecular weight excluding hydrogens is 319 g/mol. The smallest absolute Gasteiger partial charge is 0.393 e. The van der Waals surface area contributed by atoms with Crippen molar-refractivity contribution in [3.8, 4) is 11.3 Å². The third-order valence-corrected chi connectivity index (χ3v) is 4.31. The molecule has 1 N–H and O–H groups in total. The normalized spacial score (nSPS) is 21.8. The molecule has 0 saturated carbocycles. The molecule has 2 heterocycles. The lowest BCUT2D eigenvalue weighted by Gasteiger charge is -2.35. The van der Waals surface area contributed by atoms with E-state index in [-0.39, 0.29) is 17.4 Å². The predicted molar refractivity (Wildman–Crippen MR) is 84.5 cm³/mol. The number of hydrogen-bond acceptors (Lipinski definition) is 4. The Kier molecular flexibility index (Phi) is 4.45. The van der Waals surface area contributed by atoms with Crippen LogP contribution in [0.2, 0.25) is 0 Å². The lowest BCUT2D eigenvalue weighted by atomic mass is 9.96. The highest BCUT2D eigenvalue weighted by Gasteiger charge is 2.38. The summed E-state index contributed by atoms with van der Waals surface area (Å²) in [5.41, 5.74) is -0.0128. The van der Waals surface area contributed by atoms with Gasteiger partial charge in [0.1, 0.15) is 5.56 Å². The molecule has 7 heteroatoms. The summed E-state index contributed by atoms with van der Waals surface area (Å²) >= 11 is 0. The first-order chi connectivity index (χ1) is 11.4. The highest BCUT2D eigenvalue weighted by Crippen LogP contribution is 2.38. The van der Waals surface area contributed by atoms with Gasteiger partial charge in [-0.05, 0) is 18.4 Å². The van der Waals surface area contributed by atoms with E-state index in [1.807, 2.05) is 6.92 Å². The first-order valence-corrected chi connectivity index (χ1v) is 7.79. The first-order valence-electron chi connectivity index (χ1n) is 7.79. The molecule has 0 bridgehead atoms. The summed E-state index contributed by atoms with van der Waals surface area (Å²) < 4.78 is 40.6. The zero-order valence-corrected chi connectivity index (χ0v) is 13.2. The van der Waals surface area contributed by atoms with Crippen molar-refractivity contribution in [2.45, 2.75) is 25.6 Å². The summed E-state index contributed by atoms with van der Waals surface area (Å²) in [5, 5.41) is 17.6. The van der Waals surface area contributed by atoms with Gasteiger partial charge in [-0.3, -0.25) is 0 Å². The largest absolute Gasteiger partial charge is 0.420 e. The second kappa shape index (κ2) is 6.39. The lowest BCUT2D eigenvalue weighted by Crippen LogP contribution is -2.43. The number of nitrogens with zero attached hydrogens (tertiary/aromatic N) is 3. The molecule has 3 rings (SSSR count). The van der Waals surface area contributed by atoms with Crippen LogP contribution in [-0.2, 0) is 6.18 Å². The van der Waals surface area contributed by atoms with Gasteiger partial charge in [0.25, 0.3) is 0 Å². The number of benzene rings is 1. The van der Waals surface area contributed by atoms with Crippen LogP contribution in [0.25, 0.3) is 11.3 Å². The van der Waals surface area contributed by atoms with E-state index < -0.39 is 17.8 Å². The van der Waals surface area contributed by atoms with E-state index in [1.165, 1.54) is 0 Å². The molecule has 0 amide bonds. The van der Waals surface area contributed by atoms with Crippen LogP contribution in [0.4, 0.5) is 19.0 Å². The van der Waals surface area contributed by atoms with Gasteiger partial charge in [-0.15, -0.1) is 10.2 Å². The standard InChI is InChI=1S/C17H18F3N3O/c1-11-10-23(8-7-15(11)24)16-13(17(18,19)20)9-14(21-22-16)12-5-3-2-4-6-12/h2-6,9,11,15,24H,7-8,10H2,1H3. The van der Waals surface area contributed by atoms with Gasteiger partial charge >= 0.3 is 6.18 Å². The van der Waals surface area contributed by atoms with Crippen molar-refractivity contribution in [2.75, 3.05) is 18.0 Å². The zero-order chi connectivity index (χ0) is 17.3. The minimum Gasteiger partial charge on any atom is -0.393 e. The molecule has 1 fully saturated rings. The number of alkyl halides is 3. The molecule has 1 aliphatic rings. The fourth-order valence-corrected chi connectivity index (χ4v) is 2.90. The second-order valence-corrected chi connectivity index (χ2v) is 6.11. The number of piperidine rings is 1. The molecule has 0 spiro atoms. The van der Waals surface area contributed by atoms with Crippen LogP contribution in [0, 0.1) is 5.92 Å².